The molecule has 1 saturated heterocycles. The summed E-state index contributed by atoms with van der Waals surface area (Å²) in [5.41, 5.74) is 0. The van der Waals surface area contributed by atoms with Crippen LogP contribution in [0.3, 0.4) is 0 Å². The Hall–Kier alpha value is -1.48. The van der Waals surface area contributed by atoms with Gasteiger partial charge in [0.25, 0.3) is 0 Å². The highest BCUT2D eigenvalue weighted by Crippen LogP contribution is 2.21. The van der Waals surface area contributed by atoms with Crippen molar-refractivity contribution in [3.8, 4) is 0 Å². The molecule has 22 heavy (non-hydrogen) atoms. The van der Waals surface area contributed by atoms with Gasteiger partial charge in [-0.05, 0) is 33.5 Å². The third kappa shape index (κ3) is 4.77. The molecule has 8 nitrogen and oxygen atoms in total. The molecule has 0 spiro atoms. The van der Waals surface area contributed by atoms with Crippen LogP contribution in [-0.4, -0.2) is 80.3 Å². The van der Waals surface area contributed by atoms with E-state index in [0.29, 0.717) is 18.2 Å². The number of anilines is 2. The summed E-state index contributed by atoms with van der Waals surface area (Å²) < 4.78 is 23.2. The van der Waals surface area contributed by atoms with E-state index in [9.17, 15) is 8.42 Å². The zero-order chi connectivity index (χ0) is 16.2. The minimum atomic E-state index is -2.91. The standard InChI is InChI=1S/C13H24N6O2S/c1-18(2)7-4-6-14-13-16-12(9-15-17-13)19(3)11-5-8-22(20,21)10-11/h9,11H,4-8,10H2,1-3H3,(H,14,16,17). The van der Waals surface area contributed by atoms with E-state index in [0.717, 1.165) is 19.5 Å². The Kier molecular flexibility index (Phi) is 5.52. The van der Waals surface area contributed by atoms with Crippen molar-refractivity contribution in [1.82, 2.24) is 20.1 Å². The number of hydrogen-bond acceptors (Lipinski definition) is 8. The number of aromatic nitrogens is 3. The summed E-state index contributed by atoms with van der Waals surface area (Å²) in [6, 6.07) is -0.0386. The summed E-state index contributed by atoms with van der Waals surface area (Å²) in [6.07, 6.45) is 3.18. The van der Waals surface area contributed by atoms with Crippen LogP contribution in [0.5, 0.6) is 0 Å². The first kappa shape index (κ1) is 16.9. The SMILES string of the molecule is CN(C)CCCNc1nncc(N(C)C2CCS(=O)(=O)C2)n1. The molecule has 9 heteroatoms. The molecule has 124 valence electrons. The third-order valence-electron chi connectivity index (χ3n) is 3.73. The van der Waals surface area contributed by atoms with Gasteiger partial charge < -0.3 is 15.1 Å². The maximum Gasteiger partial charge on any atom is 0.244 e. The van der Waals surface area contributed by atoms with E-state index in [1.165, 1.54) is 0 Å². The summed E-state index contributed by atoms with van der Waals surface area (Å²) >= 11 is 0. The minimum absolute atomic E-state index is 0.0386. The van der Waals surface area contributed by atoms with Crippen molar-refractivity contribution in [3.63, 3.8) is 0 Å². The molecule has 1 aromatic heterocycles. The second kappa shape index (κ2) is 7.19. The second-order valence-corrected chi connectivity index (χ2v) is 8.12. The fraction of sp³-hybridized carbons (Fsp3) is 0.769. The summed E-state index contributed by atoms with van der Waals surface area (Å²) in [6.45, 7) is 1.75. The Morgan fingerprint density at radius 2 is 2.14 bits per heavy atom. The van der Waals surface area contributed by atoms with Gasteiger partial charge in [-0.25, -0.2) is 8.42 Å². The van der Waals surface area contributed by atoms with Gasteiger partial charge >= 0.3 is 0 Å². The van der Waals surface area contributed by atoms with Crippen LogP contribution in [0.15, 0.2) is 6.20 Å². The Bertz CT molecular complexity index is 592. The van der Waals surface area contributed by atoms with E-state index in [1.807, 2.05) is 26.0 Å². The van der Waals surface area contributed by atoms with Crippen LogP contribution in [0.4, 0.5) is 11.8 Å². The van der Waals surface area contributed by atoms with Crippen LogP contribution in [-0.2, 0) is 9.84 Å². The van der Waals surface area contributed by atoms with Crippen LogP contribution in [0, 0.1) is 0 Å². The lowest BCUT2D eigenvalue weighted by Crippen LogP contribution is -2.33. The average Bonchev–Trinajstić information content (AvgIpc) is 2.83. The molecule has 1 fully saturated rings. The van der Waals surface area contributed by atoms with Gasteiger partial charge in [-0.15, -0.1) is 5.10 Å². The first-order valence-electron chi connectivity index (χ1n) is 7.39. The maximum atomic E-state index is 11.6. The van der Waals surface area contributed by atoms with E-state index in [2.05, 4.69) is 25.4 Å². The van der Waals surface area contributed by atoms with Crippen molar-refractivity contribution < 1.29 is 8.42 Å². The molecule has 1 N–H and O–H groups in total. The number of nitrogens with zero attached hydrogens (tertiary/aromatic N) is 5. The predicted octanol–water partition coefficient (Wildman–Crippen LogP) is -0.141. The molecular weight excluding hydrogens is 304 g/mol. The molecular formula is C13H24N6O2S. The Balaban J connectivity index is 1.93. The molecule has 1 atom stereocenters. The van der Waals surface area contributed by atoms with Gasteiger partial charge in [0, 0.05) is 19.6 Å². The van der Waals surface area contributed by atoms with Gasteiger partial charge in [0.2, 0.25) is 5.95 Å². The van der Waals surface area contributed by atoms with Crippen molar-refractivity contribution in [2.75, 3.05) is 56.0 Å². The second-order valence-electron chi connectivity index (χ2n) is 5.89. The molecule has 0 amide bonds. The largest absolute Gasteiger partial charge is 0.354 e. The highest BCUT2D eigenvalue weighted by molar-refractivity contribution is 7.91. The molecule has 0 saturated carbocycles. The predicted molar refractivity (Wildman–Crippen MR) is 86.9 cm³/mol. The molecule has 2 rings (SSSR count). The van der Waals surface area contributed by atoms with Gasteiger partial charge in [0.1, 0.15) is 0 Å². The molecule has 0 aromatic carbocycles. The van der Waals surface area contributed by atoms with E-state index < -0.39 is 9.84 Å². The van der Waals surface area contributed by atoms with Crippen molar-refractivity contribution in [2.24, 2.45) is 0 Å². The van der Waals surface area contributed by atoms with Crippen LogP contribution in [0.1, 0.15) is 12.8 Å². The van der Waals surface area contributed by atoms with Crippen molar-refractivity contribution in [2.45, 2.75) is 18.9 Å². The fourth-order valence-corrected chi connectivity index (χ4v) is 4.18. The lowest BCUT2D eigenvalue weighted by molar-refractivity contribution is 0.405. The van der Waals surface area contributed by atoms with E-state index in [4.69, 9.17) is 0 Å². The van der Waals surface area contributed by atoms with E-state index >= 15 is 0 Å². The topological polar surface area (TPSA) is 91.3 Å². The van der Waals surface area contributed by atoms with E-state index in [1.54, 1.807) is 6.20 Å². The quantitative estimate of drug-likeness (QED) is 0.692. The van der Waals surface area contributed by atoms with Gasteiger partial charge in [-0.3, -0.25) is 0 Å². The molecule has 0 aliphatic carbocycles. The first-order valence-corrected chi connectivity index (χ1v) is 9.21. The highest BCUT2D eigenvalue weighted by atomic mass is 32.2. The van der Waals surface area contributed by atoms with Crippen LogP contribution in [0.2, 0.25) is 0 Å². The highest BCUT2D eigenvalue weighted by Gasteiger charge is 2.31. The van der Waals surface area contributed by atoms with Crippen LogP contribution < -0.4 is 10.2 Å². The van der Waals surface area contributed by atoms with Crippen molar-refractivity contribution in [3.05, 3.63) is 6.20 Å². The third-order valence-corrected chi connectivity index (χ3v) is 5.48. The zero-order valence-corrected chi connectivity index (χ0v) is 14.2. The maximum absolute atomic E-state index is 11.6. The molecule has 0 bridgehead atoms. The fourth-order valence-electron chi connectivity index (χ4n) is 2.40. The summed E-state index contributed by atoms with van der Waals surface area (Å²) in [4.78, 5) is 8.41. The first-order chi connectivity index (χ1) is 10.4. The van der Waals surface area contributed by atoms with Gasteiger partial charge in [0.15, 0.2) is 15.7 Å². The lowest BCUT2D eigenvalue weighted by atomic mass is 10.2. The summed E-state index contributed by atoms with van der Waals surface area (Å²) in [7, 11) is 3.00. The zero-order valence-electron chi connectivity index (χ0n) is 13.4. The molecule has 1 aliphatic rings. The van der Waals surface area contributed by atoms with Gasteiger partial charge in [0.05, 0.1) is 17.7 Å². The number of hydrogen-bond donors (Lipinski definition) is 1. The van der Waals surface area contributed by atoms with Gasteiger partial charge in [-0.1, -0.05) is 0 Å². The molecule has 0 radical (unpaired) electrons. The molecule has 1 aliphatic heterocycles. The monoisotopic (exact) mass is 328 g/mol. The number of nitrogens with one attached hydrogen (secondary N) is 1. The smallest absolute Gasteiger partial charge is 0.244 e. The van der Waals surface area contributed by atoms with E-state index in [-0.39, 0.29) is 17.5 Å². The Labute approximate surface area is 131 Å². The van der Waals surface area contributed by atoms with Crippen LogP contribution >= 0.6 is 0 Å². The average molecular weight is 328 g/mol. The lowest BCUT2D eigenvalue weighted by Gasteiger charge is -2.24. The molecule has 1 unspecified atom stereocenters. The molecule has 1 aromatic rings. The van der Waals surface area contributed by atoms with Gasteiger partial charge in [-0.2, -0.15) is 10.1 Å². The number of sulfone groups is 1. The normalized spacial score (nSPS) is 20.3. The molecule has 2 heterocycles. The number of rotatable bonds is 7. The summed E-state index contributed by atoms with van der Waals surface area (Å²) in [5, 5.41) is 11.1. The Morgan fingerprint density at radius 3 is 2.77 bits per heavy atom. The van der Waals surface area contributed by atoms with Crippen LogP contribution in [0.25, 0.3) is 0 Å². The minimum Gasteiger partial charge on any atom is -0.354 e. The van der Waals surface area contributed by atoms with Crippen molar-refractivity contribution >= 4 is 21.6 Å². The summed E-state index contributed by atoms with van der Waals surface area (Å²) in [5.74, 6) is 1.55. The Morgan fingerprint density at radius 1 is 1.36 bits per heavy atom. The van der Waals surface area contributed by atoms with Crippen molar-refractivity contribution in [1.29, 1.82) is 0 Å².